The molecule has 0 unspecified atom stereocenters. The van der Waals surface area contributed by atoms with Crippen LogP contribution in [0.5, 0.6) is 0 Å². The van der Waals surface area contributed by atoms with Crippen LogP contribution < -0.4 is 10.2 Å². The van der Waals surface area contributed by atoms with Gasteiger partial charge in [-0.05, 0) is 69.9 Å². The number of amidine groups is 1. The minimum Gasteiger partial charge on any atom is -0.328 e. The molecule has 2 aromatic heterocycles. The smallest absolute Gasteiger partial charge is 0.282 e. The van der Waals surface area contributed by atoms with Gasteiger partial charge in [-0.25, -0.2) is 22.6 Å². The van der Waals surface area contributed by atoms with Gasteiger partial charge in [-0.1, -0.05) is 12.5 Å². The van der Waals surface area contributed by atoms with Crippen LogP contribution in [0.4, 0.5) is 29.1 Å². The summed E-state index contributed by atoms with van der Waals surface area (Å²) < 4.78 is 59.8. The number of nitrogens with zero attached hydrogens (tertiary/aromatic N) is 5. The summed E-state index contributed by atoms with van der Waals surface area (Å²) in [5.41, 5.74) is 2.89. The Bertz CT molecular complexity index is 1490. The molecule has 1 saturated carbocycles. The number of alkyl halides is 2. The van der Waals surface area contributed by atoms with Gasteiger partial charge in [0.15, 0.2) is 17.5 Å². The Morgan fingerprint density at radius 1 is 1.22 bits per heavy atom. The molecule has 0 aliphatic heterocycles. The van der Waals surface area contributed by atoms with Crippen LogP contribution in [0.2, 0.25) is 0 Å². The SMILES string of the molecule is CC/C(C)=C(/C(=C(\N=C(/C)N(C)c1c(F)cc(SC)cc1F)Nc1cc(C)[nH]n1)C1CC1)c1cn(C)nc1C(F)F. The Morgan fingerprint density at radius 3 is 2.39 bits per heavy atom. The van der Waals surface area contributed by atoms with Gasteiger partial charge in [0.05, 0.1) is 0 Å². The van der Waals surface area contributed by atoms with Crippen molar-refractivity contribution in [1.29, 1.82) is 0 Å². The first kappa shape index (κ1) is 30.4. The molecule has 0 saturated heterocycles. The molecule has 2 N–H and O–H groups in total. The van der Waals surface area contributed by atoms with Crippen molar-refractivity contribution < 1.29 is 17.6 Å². The maximum atomic E-state index is 15.0. The van der Waals surface area contributed by atoms with E-state index < -0.39 is 18.1 Å². The maximum absolute atomic E-state index is 15.0. The molecule has 1 aliphatic carbocycles. The molecule has 7 nitrogen and oxygen atoms in total. The van der Waals surface area contributed by atoms with Gasteiger partial charge in [0.2, 0.25) is 0 Å². The van der Waals surface area contributed by atoms with Crippen molar-refractivity contribution in [1.82, 2.24) is 20.0 Å². The Kier molecular flexibility index (Phi) is 9.31. The fraction of sp³-hybridized carbons (Fsp3) is 0.414. The number of aromatic amines is 1. The van der Waals surface area contributed by atoms with Crippen molar-refractivity contribution in [2.24, 2.45) is 18.0 Å². The summed E-state index contributed by atoms with van der Waals surface area (Å²) >= 11 is 1.24. The third kappa shape index (κ3) is 6.69. The first-order valence-corrected chi connectivity index (χ1v) is 14.5. The van der Waals surface area contributed by atoms with E-state index in [-0.39, 0.29) is 17.3 Å². The van der Waals surface area contributed by atoms with Crippen LogP contribution in [0.1, 0.15) is 63.4 Å². The molecule has 220 valence electrons. The highest BCUT2D eigenvalue weighted by Crippen LogP contribution is 2.48. The highest BCUT2D eigenvalue weighted by atomic mass is 32.2. The summed E-state index contributed by atoms with van der Waals surface area (Å²) in [6.45, 7) is 7.38. The molecule has 1 fully saturated rings. The van der Waals surface area contributed by atoms with E-state index in [1.165, 1.54) is 40.5 Å². The number of rotatable bonds is 10. The second-order valence-corrected chi connectivity index (χ2v) is 11.0. The molecule has 0 spiro atoms. The minimum absolute atomic E-state index is 0.0379. The van der Waals surface area contributed by atoms with Gasteiger partial charge < -0.3 is 10.2 Å². The highest BCUT2D eigenvalue weighted by Gasteiger charge is 2.35. The number of allylic oxidation sites excluding steroid dienone is 3. The fourth-order valence-corrected chi connectivity index (χ4v) is 5.11. The van der Waals surface area contributed by atoms with E-state index in [2.05, 4.69) is 20.6 Å². The third-order valence-corrected chi connectivity index (χ3v) is 7.78. The normalized spacial score (nSPS) is 15.3. The number of hydrogen-bond donors (Lipinski definition) is 2. The monoisotopic (exact) mass is 589 g/mol. The van der Waals surface area contributed by atoms with Gasteiger partial charge >= 0.3 is 0 Å². The van der Waals surface area contributed by atoms with E-state index in [1.54, 1.807) is 32.5 Å². The quantitative estimate of drug-likeness (QED) is 0.0828. The van der Waals surface area contributed by atoms with Gasteiger partial charge in [-0.15, -0.1) is 11.8 Å². The van der Waals surface area contributed by atoms with Crippen LogP contribution in [0.25, 0.3) is 5.57 Å². The molecule has 3 aromatic rings. The Morgan fingerprint density at radius 2 is 1.88 bits per heavy atom. The summed E-state index contributed by atoms with van der Waals surface area (Å²) in [6.07, 6.45) is 2.87. The molecular weight excluding hydrogens is 554 g/mol. The minimum atomic E-state index is -2.77. The number of aryl methyl sites for hydroxylation is 2. The average Bonchev–Trinajstić information content (AvgIpc) is 3.56. The van der Waals surface area contributed by atoms with Crippen molar-refractivity contribution in [2.75, 3.05) is 23.5 Å². The van der Waals surface area contributed by atoms with Gasteiger partial charge in [0, 0.05) is 48.1 Å². The zero-order valence-electron chi connectivity index (χ0n) is 24.2. The number of halogens is 4. The molecule has 0 amide bonds. The molecule has 2 heterocycles. The van der Waals surface area contributed by atoms with Crippen LogP contribution in [0.15, 0.2) is 51.3 Å². The molecule has 41 heavy (non-hydrogen) atoms. The van der Waals surface area contributed by atoms with Crippen molar-refractivity contribution in [3.05, 3.63) is 69.9 Å². The molecular formula is C29H35F4N7S. The Balaban J connectivity index is 1.95. The summed E-state index contributed by atoms with van der Waals surface area (Å²) in [5.74, 6) is -0.247. The highest BCUT2D eigenvalue weighted by molar-refractivity contribution is 7.98. The van der Waals surface area contributed by atoms with Gasteiger partial charge in [-0.3, -0.25) is 9.78 Å². The van der Waals surface area contributed by atoms with Gasteiger partial charge in [0.25, 0.3) is 6.43 Å². The lowest BCUT2D eigenvalue weighted by Gasteiger charge is -2.23. The largest absolute Gasteiger partial charge is 0.328 e. The van der Waals surface area contributed by atoms with Crippen LogP contribution in [-0.2, 0) is 7.05 Å². The van der Waals surface area contributed by atoms with E-state index in [0.717, 1.165) is 29.7 Å². The second-order valence-electron chi connectivity index (χ2n) is 10.2. The number of anilines is 2. The lowest BCUT2D eigenvalue weighted by molar-refractivity contribution is 0.145. The molecule has 0 atom stereocenters. The van der Waals surface area contributed by atoms with E-state index >= 15 is 8.78 Å². The first-order valence-electron chi connectivity index (χ1n) is 13.3. The summed E-state index contributed by atoms with van der Waals surface area (Å²) in [6, 6.07) is 4.36. The average molecular weight is 590 g/mol. The summed E-state index contributed by atoms with van der Waals surface area (Å²) in [4.78, 5) is 6.67. The lowest BCUT2D eigenvalue weighted by atomic mass is 9.89. The summed E-state index contributed by atoms with van der Waals surface area (Å²) in [5, 5.41) is 14.5. The maximum Gasteiger partial charge on any atom is 0.282 e. The van der Waals surface area contributed by atoms with Crippen LogP contribution >= 0.6 is 11.8 Å². The van der Waals surface area contributed by atoms with Crippen molar-refractivity contribution >= 4 is 34.7 Å². The third-order valence-electron chi connectivity index (χ3n) is 7.07. The van der Waals surface area contributed by atoms with Gasteiger partial charge in [-0.2, -0.15) is 10.2 Å². The van der Waals surface area contributed by atoms with Crippen LogP contribution in [0, 0.1) is 24.5 Å². The van der Waals surface area contributed by atoms with Crippen LogP contribution in [0.3, 0.4) is 0 Å². The van der Waals surface area contributed by atoms with Gasteiger partial charge in [0.1, 0.15) is 23.0 Å². The molecule has 1 aliphatic rings. The number of aliphatic imine (C=N–C) groups is 1. The van der Waals surface area contributed by atoms with E-state index in [9.17, 15) is 8.78 Å². The van der Waals surface area contributed by atoms with E-state index in [1.807, 2.05) is 20.8 Å². The van der Waals surface area contributed by atoms with Crippen molar-refractivity contribution in [3.63, 3.8) is 0 Å². The zero-order valence-corrected chi connectivity index (χ0v) is 25.1. The zero-order chi connectivity index (χ0) is 30.0. The molecule has 0 bridgehead atoms. The second kappa shape index (κ2) is 12.5. The Hall–Kier alpha value is -3.54. The summed E-state index contributed by atoms with van der Waals surface area (Å²) in [7, 11) is 3.15. The van der Waals surface area contributed by atoms with E-state index in [4.69, 9.17) is 4.99 Å². The molecule has 1 aromatic carbocycles. The van der Waals surface area contributed by atoms with Crippen molar-refractivity contribution in [3.8, 4) is 0 Å². The first-order chi connectivity index (χ1) is 19.4. The van der Waals surface area contributed by atoms with Crippen LogP contribution in [-0.4, -0.2) is 39.1 Å². The molecule has 12 heteroatoms. The molecule has 4 rings (SSSR count). The molecule has 0 radical (unpaired) electrons. The van der Waals surface area contributed by atoms with E-state index in [0.29, 0.717) is 39.9 Å². The number of thioether (sulfide) groups is 1. The number of H-pyrrole nitrogens is 1. The Labute approximate surface area is 241 Å². The standard InChI is InChI=1S/C29H35F4N7S/c1-8-15(2)24(20-14-39(5)38-26(20)28(32)33)25(18-9-10-18)29(35-23-11-16(3)36-37-23)34-17(4)40(6)27-21(30)12-19(41-7)13-22(27)31/h11-14,18,28H,8-10H2,1-7H3,(H2,35,36,37)/b24-15+,29-25+,34-17+. The lowest BCUT2D eigenvalue weighted by Crippen LogP contribution is -2.26. The number of benzene rings is 1. The number of aromatic nitrogens is 4. The predicted molar refractivity (Wildman–Crippen MR) is 157 cm³/mol. The van der Waals surface area contributed by atoms with Crippen molar-refractivity contribution in [2.45, 2.75) is 58.3 Å². The number of hydrogen-bond acceptors (Lipinski definition) is 5. The topological polar surface area (TPSA) is 74.1 Å². The fourth-order valence-electron chi connectivity index (χ4n) is 4.67. The number of nitrogens with one attached hydrogen (secondary N) is 2. The predicted octanol–water partition coefficient (Wildman–Crippen LogP) is 7.86.